The van der Waals surface area contributed by atoms with Crippen molar-refractivity contribution in [3.05, 3.63) is 144 Å². The molecule has 0 bridgehead atoms. The lowest BCUT2D eigenvalue weighted by Gasteiger charge is -2.53. The average Bonchev–Trinajstić information content (AvgIpc) is 3.13. The van der Waals surface area contributed by atoms with Crippen LogP contribution in [0.5, 0.6) is 0 Å². The zero-order valence-corrected chi connectivity index (χ0v) is 27.7. The van der Waals surface area contributed by atoms with Gasteiger partial charge in [-0.3, -0.25) is 0 Å². The molecule has 2 saturated heterocycles. The molecule has 6 rings (SSSR count). The Morgan fingerprint density at radius 2 is 1.04 bits per heavy atom. The first kappa shape index (κ1) is 35.3. The molecule has 0 radical (unpaired) electrons. The van der Waals surface area contributed by atoms with Crippen molar-refractivity contribution < 1.29 is 43.7 Å². The van der Waals surface area contributed by atoms with Crippen molar-refractivity contribution in [3.63, 3.8) is 0 Å². The first-order chi connectivity index (χ1) is 23.9. The first-order valence-corrected chi connectivity index (χ1v) is 16.9. The monoisotopic (exact) mass is 670 g/mol. The van der Waals surface area contributed by atoms with Gasteiger partial charge >= 0.3 is 0 Å². The van der Waals surface area contributed by atoms with Crippen LogP contribution in [0.15, 0.2) is 121 Å². The van der Waals surface area contributed by atoms with Gasteiger partial charge in [0, 0.05) is 6.42 Å². The van der Waals surface area contributed by atoms with Crippen molar-refractivity contribution in [3.8, 4) is 0 Å². The molecule has 2 fully saturated rings. The summed E-state index contributed by atoms with van der Waals surface area (Å²) in [4.78, 5) is 0. The number of ether oxygens (including phenoxy) is 6. The van der Waals surface area contributed by atoms with Gasteiger partial charge in [0.05, 0.1) is 45.2 Å². The second kappa shape index (κ2) is 17.0. The highest BCUT2D eigenvalue weighted by molar-refractivity contribution is 5.17. The van der Waals surface area contributed by atoms with E-state index in [1.807, 2.05) is 128 Å². The summed E-state index contributed by atoms with van der Waals surface area (Å²) >= 11 is 0. The van der Waals surface area contributed by atoms with Gasteiger partial charge in [0.25, 0.3) is 0 Å². The minimum absolute atomic E-state index is 0.0655. The zero-order chi connectivity index (χ0) is 34.1. The van der Waals surface area contributed by atoms with E-state index in [2.05, 4.69) is 0 Å². The molecule has 4 aromatic rings. The summed E-state index contributed by atoms with van der Waals surface area (Å²) in [6, 6.07) is 39.0. The van der Waals surface area contributed by atoms with E-state index in [1.54, 1.807) is 0 Å². The molecule has 9 heteroatoms. The van der Waals surface area contributed by atoms with Crippen molar-refractivity contribution in [2.45, 2.75) is 94.4 Å². The maximum atomic E-state index is 12.3. The van der Waals surface area contributed by atoms with Crippen LogP contribution in [0.25, 0.3) is 0 Å². The van der Waals surface area contributed by atoms with E-state index in [-0.39, 0.29) is 32.8 Å². The maximum absolute atomic E-state index is 12.3. The van der Waals surface area contributed by atoms with Crippen molar-refractivity contribution in [1.29, 1.82) is 0 Å². The van der Waals surface area contributed by atoms with Crippen LogP contribution in [-0.2, 0) is 54.8 Å². The number of aliphatic hydroxyl groups excluding tert-OH is 2. The summed E-state index contributed by atoms with van der Waals surface area (Å²) in [6.07, 6.45) is -7.85. The normalized spacial score (nSPS) is 30.2. The van der Waals surface area contributed by atoms with E-state index in [4.69, 9.17) is 28.4 Å². The van der Waals surface area contributed by atoms with Gasteiger partial charge in [0.2, 0.25) is 0 Å². The number of rotatable bonds is 14. The fraction of sp³-hybridized carbons (Fsp3) is 0.400. The molecular formula is C40H46O9. The van der Waals surface area contributed by atoms with Crippen LogP contribution in [0, 0.1) is 0 Å². The molecule has 2 heterocycles. The van der Waals surface area contributed by atoms with Gasteiger partial charge in [0.1, 0.15) is 36.6 Å². The first-order valence-electron chi connectivity index (χ1n) is 16.9. The smallest absolute Gasteiger partial charge is 0.198 e. The quantitative estimate of drug-likeness (QED) is 0.172. The van der Waals surface area contributed by atoms with E-state index in [9.17, 15) is 15.3 Å². The molecule has 9 atom stereocenters. The Labute approximate surface area is 287 Å². The van der Waals surface area contributed by atoms with E-state index >= 15 is 0 Å². The highest BCUT2D eigenvalue weighted by Crippen LogP contribution is 2.40. The van der Waals surface area contributed by atoms with Crippen molar-refractivity contribution >= 4 is 0 Å². The molecule has 0 aliphatic carbocycles. The Morgan fingerprint density at radius 1 is 0.612 bits per heavy atom. The molecule has 0 unspecified atom stereocenters. The van der Waals surface area contributed by atoms with Gasteiger partial charge in [-0.25, -0.2) is 0 Å². The number of hydrogen-bond acceptors (Lipinski definition) is 9. The Hall–Kier alpha value is -3.48. The fourth-order valence-electron chi connectivity index (χ4n) is 6.51. The van der Waals surface area contributed by atoms with Gasteiger partial charge in [-0.2, -0.15) is 0 Å². The molecule has 0 aromatic heterocycles. The lowest BCUT2D eigenvalue weighted by atomic mass is 9.84. The lowest BCUT2D eigenvalue weighted by molar-refractivity contribution is -0.383. The summed E-state index contributed by atoms with van der Waals surface area (Å²) in [7, 11) is 0. The Kier molecular flexibility index (Phi) is 12.2. The number of hydrogen-bond donors (Lipinski definition) is 3. The van der Waals surface area contributed by atoms with E-state index in [0.717, 1.165) is 22.3 Å². The Bertz CT molecular complexity index is 1530. The Morgan fingerprint density at radius 3 is 1.53 bits per heavy atom. The third-order valence-corrected chi connectivity index (χ3v) is 9.10. The van der Waals surface area contributed by atoms with Crippen LogP contribution in [0.2, 0.25) is 0 Å². The van der Waals surface area contributed by atoms with Crippen molar-refractivity contribution in [1.82, 2.24) is 0 Å². The van der Waals surface area contributed by atoms with Crippen LogP contribution in [0.3, 0.4) is 0 Å². The van der Waals surface area contributed by atoms with Crippen molar-refractivity contribution in [2.75, 3.05) is 6.61 Å². The molecule has 0 amide bonds. The third kappa shape index (κ3) is 9.20. The third-order valence-electron chi connectivity index (χ3n) is 9.10. The van der Waals surface area contributed by atoms with Crippen LogP contribution in [0.1, 0.15) is 35.6 Å². The molecule has 4 aromatic carbocycles. The van der Waals surface area contributed by atoms with E-state index < -0.39 is 54.6 Å². The van der Waals surface area contributed by atoms with Crippen LogP contribution in [-0.4, -0.2) is 76.5 Å². The SMILES string of the molecule is C[C@@H]1O[C@@H]([C@]2(O)C[C@@H](O)[C@H](O)[C@@H](COCc3ccccc3)O2)[C@@H](OCc2ccccc2)[C@H](OCc2ccccc2)[C@@H]1OCc1ccccc1. The van der Waals surface area contributed by atoms with E-state index in [1.165, 1.54) is 0 Å². The summed E-state index contributed by atoms with van der Waals surface area (Å²) < 4.78 is 38.5. The number of aliphatic hydroxyl groups is 3. The van der Waals surface area contributed by atoms with Crippen molar-refractivity contribution in [2.24, 2.45) is 0 Å². The molecule has 0 spiro atoms. The van der Waals surface area contributed by atoms with E-state index in [0.29, 0.717) is 6.61 Å². The average molecular weight is 671 g/mol. The molecule has 3 N–H and O–H groups in total. The fourth-order valence-corrected chi connectivity index (χ4v) is 6.51. The standard InChI is InChI=1S/C40H46O9/c1-28-36(45-24-30-16-8-3-9-17-30)37(46-25-31-18-10-4-11-19-31)38(47-26-32-20-12-5-13-21-32)39(48-28)40(43)22-33(41)35(42)34(49-40)27-44-23-29-14-6-2-7-15-29/h2-21,28,33-39,41-43H,22-27H2,1H3/t28-,33+,34+,35-,36+,37+,38-,39+,40-/m0/s1. The summed E-state index contributed by atoms with van der Waals surface area (Å²) in [6.45, 7) is 2.85. The molecule has 49 heavy (non-hydrogen) atoms. The predicted octanol–water partition coefficient (Wildman–Crippen LogP) is 4.95. The maximum Gasteiger partial charge on any atom is 0.198 e. The van der Waals surface area contributed by atoms with Gasteiger partial charge in [0.15, 0.2) is 5.79 Å². The second-order valence-electron chi connectivity index (χ2n) is 12.8. The molecule has 2 aliphatic heterocycles. The predicted molar refractivity (Wildman–Crippen MR) is 182 cm³/mol. The highest BCUT2D eigenvalue weighted by atomic mass is 16.7. The minimum atomic E-state index is -2.06. The molecular weight excluding hydrogens is 624 g/mol. The molecule has 2 aliphatic rings. The molecule has 9 nitrogen and oxygen atoms in total. The lowest BCUT2D eigenvalue weighted by Crippen LogP contribution is -2.70. The number of benzene rings is 4. The van der Waals surface area contributed by atoms with Gasteiger partial charge in [-0.05, 0) is 29.2 Å². The second-order valence-corrected chi connectivity index (χ2v) is 12.8. The Balaban J connectivity index is 1.28. The zero-order valence-electron chi connectivity index (χ0n) is 27.7. The summed E-state index contributed by atoms with van der Waals surface area (Å²) in [5, 5.41) is 34.3. The largest absolute Gasteiger partial charge is 0.390 e. The van der Waals surface area contributed by atoms with Gasteiger partial charge in [-0.15, -0.1) is 0 Å². The van der Waals surface area contributed by atoms with Gasteiger partial charge < -0.3 is 43.7 Å². The highest BCUT2D eigenvalue weighted by Gasteiger charge is 2.59. The summed E-state index contributed by atoms with van der Waals surface area (Å²) in [5.41, 5.74) is 3.82. The topological polar surface area (TPSA) is 116 Å². The molecule has 0 saturated carbocycles. The van der Waals surface area contributed by atoms with Crippen LogP contribution >= 0.6 is 0 Å². The van der Waals surface area contributed by atoms with Crippen LogP contribution in [0.4, 0.5) is 0 Å². The van der Waals surface area contributed by atoms with Crippen LogP contribution < -0.4 is 0 Å². The van der Waals surface area contributed by atoms with Gasteiger partial charge in [-0.1, -0.05) is 121 Å². The minimum Gasteiger partial charge on any atom is -0.390 e. The molecule has 260 valence electrons. The summed E-state index contributed by atoms with van der Waals surface area (Å²) in [5.74, 6) is -2.06.